The Balaban J connectivity index is 1.54. The Morgan fingerprint density at radius 1 is 1.06 bits per heavy atom. The second kappa shape index (κ2) is 11.3. The van der Waals surface area contributed by atoms with Crippen molar-refractivity contribution in [2.45, 2.75) is 31.8 Å². The first-order valence-corrected chi connectivity index (χ1v) is 12.0. The molecule has 2 N–H and O–H groups in total. The van der Waals surface area contributed by atoms with Crippen LogP contribution in [0.3, 0.4) is 0 Å². The highest BCUT2D eigenvalue weighted by molar-refractivity contribution is 5.95. The summed E-state index contributed by atoms with van der Waals surface area (Å²) in [6.07, 6.45) is 3.53. The lowest BCUT2D eigenvalue weighted by molar-refractivity contribution is -0.139. The molecule has 3 heterocycles. The van der Waals surface area contributed by atoms with Crippen LogP contribution in [-0.4, -0.2) is 67.9 Å². The van der Waals surface area contributed by atoms with Gasteiger partial charge in [0.15, 0.2) is 0 Å². The topological polar surface area (TPSA) is 111 Å². The monoisotopic (exact) mass is 496 g/mol. The van der Waals surface area contributed by atoms with Crippen LogP contribution in [0.25, 0.3) is 0 Å². The highest BCUT2D eigenvalue weighted by Crippen LogP contribution is 2.31. The number of carbonyl (C=O) groups is 3. The molecule has 0 spiro atoms. The van der Waals surface area contributed by atoms with E-state index in [-0.39, 0.29) is 24.6 Å². The molecule has 1 atom stereocenters. The van der Waals surface area contributed by atoms with Crippen LogP contribution in [0, 0.1) is 0 Å². The fraction of sp³-hybridized carbons (Fsp3) is 0.423. The lowest BCUT2D eigenvalue weighted by Gasteiger charge is -2.36. The van der Waals surface area contributed by atoms with Gasteiger partial charge in [0.05, 0.1) is 32.4 Å². The molecule has 1 aromatic carbocycles. The van der Waals surface area contributed by atoms with E-state index in [1.54, 1.807) is 32.2 Å². The summed E-state index contributed by atoms with van der Waals surface area (Å²) in [6, 6.07) is 10.0. The average Bonchev–Trinajstić information content (AvgIpc) is 3.38. The third-order valence-electron chi connectivity index (χ3n) is 6.60. The number of urea groups is 1. The smallest absolute Gasteiger partial charge is 0.354 e. The van der Waals surface area contributed by atoms with Crippen LogP contribution in [0.1, 0.15) is 47.9 Å². The third kappa shape index (κ3) is 5.38. The molecule has 1 fully saturated rings. The molecule has 192 valence electrons. The van der Waals surface area contributed by atoms with Crippen LogP contribution in [0.5, 0.6) is 5.75 Å². The van der Waals surface area contributed by atoms with Gasteiger partial charge in [0.25, 0.3) is 0 Å². The van der Waals surface area contributed by atoms with Gasteiger partial charge in [-0.2, -0.15) is 0 Å². The molecule has 2 amide bonds. The molecule has 1 aromatic heterocycles. The molecule has 10 heteroatoms. The van der Waals surface area contributed by atoms with Crippen molar-refractivity contribution < 1.29 is 28.6 Å². The van der Waals surface area contributed by atoms with Crippen LogP contribution >= 0.6 is 0 Å². The van der Waals surface area contributed by atoms with Gasteiger partial charge in [-0.25, -0.2) is 14.4 Å². The van der Waals surface area contributed by atoms with E-state index >= 15 is 0 Å². The van der Waals surface area contributed by atoms with E-state index < -0.39 is 12.0 Å². The second-order valence-corrected chi connectivity index (χ2v) is 8.72. The van der Waals surface area contributed by atoms with E-state index in [4.69, 9.17) is 14.2 Å². The number of nitrogens with zero attached hydrogens (tertiary/aromatic N) is 2. The number of hydrogen-bond acceptors (Lipinski definition) is 7. The first-order chi connectivity index (χ1) is 17.4. The standard InChI is InChI=1S/C26H32N4O6/c1-4-36-25(32)22-20(27-26(33)28-23(22)17-7-9-19(34-2)10-8-17)16-29-14-11-18(12-15-29)30-13-5-6-21(30)24(31)35-3/h5-10,13,18,23H,4,11-12,14-16H2,1-3H3,(H2,27,28,33). The molecule has 36 heavy (non-hydrogen) atoms. The van der Waals surface area contributed by atoms with Crippen molar-refractivity contribution in [3.05, 3.63) is 65.1 Å². The van der Waals surface area contributed by atoms with Gasteiger partial charge in [-0.15, -0.1) is 0 Å². The average molecular weight is 497 g/mol. The summed E-state index contributed by atoms with van der Waals surface area (Å²) in [5, 5.41) is 5.70. The summed E-state index contributed by atoms with van der Waals surface area (Å²) >= 11 is 0. The summed E-state index contributed by atoms with van der Waals surface area (Å²) in [7, 11) is 2.96. The fourth-order valence-electron chi connectivity index (χ4n) is 4.81. The summed E-state index contributed by atoms with van der Waals surface area (Å²) < 4.78 is 17.5. The predicted molar refractivity (Wildman–Crippen MR) is 132 cm³/mol. The molecular formula is C26H32N4O6. The van der Waals surface area contributed by atoms with Gasteiger partial charge in [0.1, 0.15) is 11.4 Å². The zero-order valence-corrected chi connectivity index (χ0v) is 20.8. The molecule has 0 bridgehead atoms. The molecular weight excluding hydrogens is 464 g/mol. The molecule has 0 aliphatic carbocycles. The number of piperidine rings is 1. The number of amides is 2. The summed E-state index contributed by atoms with van der Waals surface area (Å²) in [4.78, 5) is 39.9. The number of aromatic nitrogens is 1. The zero-order valence-electron chi connectivity index (χ0n) is 20.8. The lowest BCUT2D eigenvalue weighted by Crippen LogP contribution is -2.49. The minimum atomic E-state index is -0.640. The van der Waals surface area contributed by atoms with Gasteiger partial charge in [0, 0.05) is 37.6 Å². The Morgan fingerprint density at radius 2 is 1.78 bits per heavy atom. The summed E-state index contributed by atoms with van der Waals surface area (Å²) in [6.45, 7) is 3.85. The van der Waals surface area contributed by atoms with Crippen molar-refractivity contribution in [2.24, 2.45) is 0 Å². The summed E-state index contributed by atoms with van der Waals surface area (Å²) in [5.41, 5.74) is 2.22. The number of ether oxygens (including phenoxy) is 3. The normalized spacial score (nSPS) is 18.9. The summed E-state index contributed by atoms with van der Waals surface area (Å²) in [5.74, 6) is -0.138. The molecule has 0 radical (unpaired) electrons. The first-order valence-electron chi connectivity index (χ1n) is 12.0. The number of likely N-dealkylation sites (tertiary alicyclic amines) is 1. The number of esters is 2. The Labute approximate surface area is 210 Å². The fourth-order valence-corrected chi connectivity index (χ4v) is 4.81. The number of methoxy groups -OCH3 is 2. The number of nitrogens with one attached hydrogen (secondary N) is 2. The van der Waals surface area contributed by atoms with Crippen molar-refractivity contribution in [3.63, 3.8) is 0 Å². The van der Waals surface area contributed by atoms with Gasteiger partial charge >= 0.3 is 18.0 Å². The maximum atomic E-state index is 13.0. The lowest BCUT2D eigenvalue weighted by atomic mass is 9.94. The third-order valence-corrected chi connectivity index (χ3v) is 6.60. The van der Waals surface area contributed by atoms with Gasteiger partial charge in [-0.1, -0.05) is 12.1 Å². The highest BCUT2D eigenvalue weighted by atomic mass is 16.5. The molecule has 0 saturated carbocycles. The van der Waals surface area contributed by atoms with Crippen LogP contribution < -0.4 is 15.4 Å². The Hall–Kier alpha value is -3.79. The van der Waals surface area contributed by atoms with Gasteiger partial charge in [-0.05, 0) is 49.6 Å². The van der Waals surface area contributed by atoms with Crippen LogP contribution in [0.2, 0.25) is 0 Å². The molecule has 2 aliphatic heterocycles. The maximum Gasteiger partial charge on any atom is 0.354 e. The highest BCUT2D eigenvalue weighted by Gasteiger charge is 2.35. The van der Waals surface area contributed by atoms with E-state index in [2.05, 4.69) is 15.5 Å². The minimum absolute atomic E-state index is 0.165. The molecule has 4 rings (SSSR count). The molecule has 10 nitrogen and oxygen atoms in total. The molecule has 2 aliphatic rings. The molecule has 2 aromatic rings. The van der Waals surface area contributed by atoms with E-state index in [1.165, 1.54) is 7.11 Å². The number of benzene rings is 1. The van der Waals surface area contributed by atoms with E-state index in [9.17, 15) is 14.4 Å². The minimum Gasteiger partial charge on any atom is -0.497 e. The largest absolute Gasteiger partial charge is 0.497 e. The number of rotatable bonds is 8. The van der Waals surface area contributed by atoms with E-state index in [1.807, 2.05) is 29.0 Å². The quantitative estimate of drug-likeness (QED) is 0.541. The molecule has 1 saturated heterocycles. The van der Waals surface area contributed by atoms with E-state index in [0.29, 0.717) is 29.3 Å². The van der Waals surface area contributed by atoms with Crippen molar-refractivity contribution in [3.8, 4) is 5.75 Å². The zero-order chi connectivity index (χ0) is 25.7. The van der Waals surface area contributed by atoms with Crippen LogP contribution in [0.4, 0.5) is 4.79 Å². The van der Waals surface area contributed by atoms with E-state index in [0.717, 1.165) is 31.5 Å². The van der Waals surface area contributed by atoms with Crippen molar-refractivity contribution in [1.82, 2.24) is 20.1 Å². The Bertz CT molecular complexity index is 1130. The number of hydrogen-bond donors (Lipinski definition) is 2. The maximum absolute atomic E-state index is 13.0. The van der Waals surface area contributed by atoms with Gasteiger partial charge < -0.3 is 29.4 Å². The van der Waals surface area contributed by atoms with Crippen LogP contribution in [-0.2, 0) is 14.3 Å². The Kier molecular flexibility index (Phi) is 7.94. The SMILES string of the molecule is CCOC(=O)C1=C(CN2CCC(n3cccc3C(=O)OC)CC2)NC(=O)NC1c1ccc(OC)cc1. The van der Waals surface area contributed by atoms with Crippen molar-refractivity contribution >= 4 is 18.0 Å². The van der Waals surface area contributed by atoms with Crippen LogP contribution in [0.15, 0.2) is 53.9 Å². The molecule has 1 unspecified atom stereocenters. The second-order valence-electron chi connectivity index (χ2n) is 8.72. The predicted octanol–water partition coefficient (Wildman–Crippen LogP) is 2.79. The number of carbonyl (C=O) groups excluding carboxylic acids is 3. The van der Waals surface area contributed by atoms with Gasteiger partial charge in [-0.3, -0.25) is 4.90 Å². The van der Waals surface area contributed by atoms with Crippen molar-refractivity contribution in [2.75, 3.05) is 40.5 Å². The Morgan fingerprint density at radius 3 is 2.42 bits per heavy atom. The van der Waals surface area contributed by atoms with Gasteiger partial charge in [0.2, 0.25) is 0 Å². The van der Waals surface area contributed by atoms with Crippen molar-refractivity contribution in [1.29, 1.82) is 0 Å². The first kappa shape index (κ1) is 25.3.